The molecule has 2 aromatic carbocycles. The fraction of sp³-hybridized carbons (Fsp3) is 0.400. The zero-order valence-corrected chi connectivity index (χ0v) is 18.2. The third kappa shape index (κ3) is 4.62. The first-order valence-electron chi connectivity index (χ1n) is 10.9. The predicted molar refractivity (Wildman–Crippen MR) is 122 cm³/mol. The van der Waals surface area contributed by atoms with Crippen molar-refractivity contribution < 1.29 is 9.59 Å². The number of Topliss-reactive ketones (excluding diaryl/α,β-unsaturated/α-hetero) is 1. The predicted octanol–water partition coefficient (Wildman–Crippen LogP) is 5.35. The summed E-state index contributed by atoms with van der Waals surface area (Å²) in [5, 5.41) is 3.59. The lowest BCUT2D eigenvalue weighted by Gasteiger charge is -2.26. The van der Waals surface area contributed by atoms with E-state index in [1.807, 2.05) is 30.3 Å². The van der Waals surface area contributed by atoms with Crippen LogP contribution in [0, 0.1) is 5.92 Å². The summed E-state index contributed by atoms with van der Waals surface area (Å²) < 4.78 is 1.00. The number of thiazole rings is 1. The van der Waals surface area contributed by atoms with Crippen molar-refractivity contribution in [1.29, 1.82) is 0 Å². The average molecular weight is 421 g/mol. The molecule has 156 valence electrons. The molecule has 1 aromatic heterocycles. The molecule has 3 aromatic rings. The number of carbonyl (C=O) groups excluding carboxylic acids is 2. The maximum absolute atomic E-state index is 13.3. The quantitative estimate of drug-likeness (QED) is 0.395. The molecule has 4 nitrogen and oxygen atoms in total. The molecule has 1 N–H and O–H groups in total. The van der Waals surface area contributed by atoms with E-state index in [4.69, 9.17) is 0 Å². The van der Waals surface area contributed by atoms with Crippen molar-refractivity contribution in [3.8, 4) is 0 Å². The molecule has 2 unspecified atom stereocenters. The summed E-state index contributed by atoms with van der Waals surface area (Å²) in [7, 11) is 0. The summed E-state index contributed by atoms with van der Waals surface area (Å²) in [6.07, 6.45) is 6.22. The summed E-state index contributed by atoms with van der Waals surface area (Å²) in [5.74, 6) is -0.130. The summed E-state index contributed by atoms with van der Waals surface area (Å²) in [6.45, 7) is 2.14. The number of ketones is 1. The molecule has 0 saturated heterocycles. The highest BCUT2D eigenvalue weighted by Gasteiger charge is 2.29. The van der Waals surface area contributed by atoms with Crippen molar-refractivity contribution in [2.75, 3.05) is 0 Å². The molecule has 0 spiro atoms. The first-order chi connectivity index (χ1) is 14.7. The number of carbonyl (C=O) groups is 2. The van der Waals surface area contributed by atoms with Gasteiger partial charge in [-0.05, 0) is 48.9 Å². The van der Waals surface area contributed by atoms with Gasteiger partial charge in [0.05, 0.1) is 16.3 Å². The van der Waals surface area contributed by atoms with Crippen LogP contribution >= 0.6 is 11.3 Å². The molecule has 4 rings (SSSR count). The van der Waals surface area contributed by atoms with Gasteiger partial charge in [0.2, 0.25) is 11.7 Å². The van der Waals surface area contributed by atoms with Crippen LogP contribution < -0.4 is 5.32 Å². The number of benzene rings is 2. The van der Waals surface area contributed by atoms with Crippen LogP contribution in [0.3, 0.4) is 0 Å². The van der Waals surface area contributed by atoms with Crippen LogP contribution in [0.25, 0.3) is 10.2 Å². The Hall–Kier alpha value is -2.53. The van der Waals surface area contributed by atoms with E-state index < -0.39 is 6.04 Å². The summed E-state index contributed by atoms with van der Waals surface area (Å²) in [5.41, 5.74) is 3.43. The minimum atomic E-state index is -0.498. The highest BCUT2D eigenvalue weighted by atomic mass is 32.1. The summed E-state index contributed by atoms with van der Waals surface area (Å²) >= 11 is 1.41. The van der Waals surface area contributed by atoms with Crippen LogP contribution in [0.4, 0.5) is 0 Å². The number of aryl methyl sites for hydroxylation is 1. The number of nitrogens with one attached hydrogen (secondary N) is 1. The molecule has 5 heteroatoms. The molecule has 0 fully saturated rings. The van der Waals surface area contributed by atoms with E-state index >= 15 is 0 Å². The number of fused-ring (bicyclic) bond motifs is 2. The third-order valence-corrected chi connectivity index (χ3v) is 7.00. The Labute approximate surface area is 181 Å². The average Bonchev–Trinajstić information content (AvgIpc) is 3.22. The second-order valence-electron chi connectivity index (χ2n) is 8.12. The minimum Gasteiger partial charge on any atom is -0.346 e. The number of unbranched alkanes of at least 4 members (excludes halogenated alkanes) is 2. The molecule has 1 aliphatic carbocycles. The van der Waals surface area contributed by atoms with Gasteiger partial charge in [-0.3, -0.25) is 9.59 Å². The largest absolute Gasteiger partial charge is 0.346 e. The van der Waals surface area contributed by atoms with Gasteiger partial charge in [0.1, 0.15) is 0 Å². The number of hydrogen-bond acceptors (Lipinski definition) is 4. The van der Waals surface area contributed by atoms with Crippen LogP contribution in [0.2, 0.25) is 0 Å². The lowest BCUT2D eigenvalue weighted by atomic mass is 9.83. The second kappa shape index (κ2) is 9.52. The number of rotatable bonds is 8. The first kappa shape index (κ1) is 20.7. The molecule has 0 saturated carbocycles. The Kier molecular flexibility index (Phi) is 6.58. The number of para-hydroxylation sites is 1. The second-order valence-corrected chi connectivity index (χ2v) is 9.15. The Balaban J connectivity index is 1.49. The zero-order valence-electron chi connectivity index (χ0n) is 17.4. The lowest BCUT2D eigenvalue weighted by Crippen LogP contribution is -2.44. The van der Waals surface area contributed by atoms with Gasteiger partial charge in [-0.1, -0.05) is 62.6 Å². The van der Waals surface area contributed by atoms with E-state index in [-0.39, 0.29) is 17.6 Å². The smallest absolute Gasteiger partial charge is 0.224 e. The number of amides is 1. The third-order valence-electron chi connectivity index (χ3n) is 5.95. The molecule has 1 heterocycles. The Morgan fingerprint density at radius 1 is 1.10 bits per heavy atom. The van der Waals surface area contributed by atoms with Gasteiger partial charge in [-0.15, -0.1) is 11.3 Å². The molecule has 30 heavy (non-hydrogen) atoms. The summed E-state index contributed by atoms with van der Waals surface area (Å²) in [6, 6.07) is 15.6. The van der Waals surface area contributed by atoms with Crippen molar-refractivity contribution in [2.45, 2.75) is 57.9 Å². The lowest BCUT2D eigenvalue weighted by molar-refractivity contribution is -0.125. The van der Waals surface area contributed by atoms with Gasteiger partial charge in [0, 0.05) is 5.92 Å². The van der Waals surface area contributed by atoms with Gasteiger partial charge in [-0.25, -0.2) is 4.98 Å². The van der Waals surface area contributed by atoms with Gasteiger partial charge in [0.25, 0.3) is 0 Å². The van der Waals surface area contributed by atoms with Crippen LogP contribution in [0.15, 0.2) is 48.5 Å². The Bertz CT molecular complexity index is 1010. The molecule has 0 aliphatic heterocycles. The first-order valence-corrected chi connectivity index (χ1v) is 11.7. The van der Waals surface area contributed by atoms with Crippen molar-refractivity contribution in [3.05, 3.63) is 64.7 Å². The van der Waals surface area contributed by atoms with E-state index in [1.165, 1.54) is 22.5 Å². The molecule has 0 bridgehead atoms. The molecular formula is C25H28N2O2S. The fourth-order valence-corrected chi connectivity index (χ4v) is 5.17. The molecule has 1 amide bonds. The molecule has 0 radical (unpaired) electrons. The van der Waals surface area contributed by atoms with Gasteiger partial charge in [0.15, 0.2) is 5.01 Å². The zero-order chi connectivity index (χ0) is 20.9. The van der Waals surface area contributed by atoms with Crippen LogP contribution in [0.5, 0.6) is 0 Å². The van der Waals surface area contributed by atoms with Crippen molar-refractivity contribution in [2.24, 2.45) is 5.92 Å². The van der Waals surface area contributed by atoms with Crippen LogP contribution in [-0.4, -0.2) is 22.7 Å². The number of nitrogens with zero attached hydrogens (tertiary/aromatic N) is 1. The van der Waals surface area contributed by atoms with Gasteiger partial charge < -0.3 is 5.32 Å². The normalized spacial score (nSPS) is 16.8. The van der Waals surface area contributed by atoms with Crippen LogP contribution in [-0.2, 0) is 17.6 Å². The van der Waals surface area contributed by atoms with Crippen LogP contribution in [0.1, 0.15) is 60.0 Å². The minimum absolute atomic E-state index is 0.000428. The highest BCUT2D eigenvalue weighted by molar-refractivity contribution is 7.20. The maximum Gasteiger partial charge on any atom is 0.224 e. The van der Waals surface area contributed by atoms with Crippen molar-refractivity contribution in [3.63, 3.8) is 0 Å². The Morgan fingerprint density at radius 2 is 1.87 bits per heavy atom. The van der Waals surface area contributed by atoms with E-state index in [0.717, 1.165) is 48.7 Å². The van der Waals surface area contributed by atoms with E-state index in [2.05, 4.69) is 35.4 Å². The monoisotopic (exact) mass is 420 g/mol. The fourth-order valence-electron chi connectivity index (χ4n) is 4.21. The highest BCUT2D eigenvalue weighted by Crippen LogP contribution is 2.27. The maximum atomic E-state index is 13.3. The molecular weight excluding hydrogens is 392 g/mol. The standard InChI is InChI=1S/C25H28N2O2S/c1-2-3-4-12-21(23(28)25-27-20-11-7-8-13-22(20)30-25)26-24(29)19-15-14-17-9-5-6-10-18(17)16-19/h5-11,13,19,21H,2-4,12,14-16H2,1H3,(H,26,29). The van der Waals surface area contributed by atoms with E-state index in [0.29, 0.717) is 11.4 Å². The van der Waals surface area contributed by atoms with Gasteiger partial charge in [-0.2, -0.15) is 0 Å². The van der Waals surface area contributed by atoms with Crippen molar-refractivity contribution in [1.82, 2.24) is 10.3 Å². The summed E-state index contributed by atoms with van der Waals surface area (Å²) in [4.78, 5) is 30.9. The van der Waals surface area contributed by atoms with Gasteiger partial charge >= 0.3 is 0 Å². The molecule has 2 atom stereocenters. The number of hydrogen-bond donors (Lipinski definition) is 1. The number of aromatic nitrogens is 1. The van der Waals surface area contributed by atoms with E-state index in [9.17, 15) is 9.59 Å². The van der Waals surface area contributed by atoms with E-state index in [1.54, 1.807) is 0 Å². The topological polar surface area (TPSA) is 59.1 Å². The van der Waals surface area contributed by atoms with Crippen molar-refractivity contribution >= 4 is 33.2 Å². The molecule has 1 aliphatic rings. The SMILES string of the molecule is CCCCCC(NC(=O)C1CCc2ccccc2C1)C(=O)c1nc2ccccc2s1. The Morgan fingerprint density at radius 3 is 2.67 bits per heavy atom.